The molecule has 6 nitrogen and oxygen atoms in total. The van der Waals surface area contributed by atoms with Crippen LogP contribution in [0.5, 0.6) is 0 Å². The summed E-state index contributed by atoms with van der Waals surface area (Å²) in [4.78, 5) is 28.6. The van der Waals surface area contributed by atoms with Gasteiger partial charge in [0.05, 0.1) is 5.66 Å². The molecule has 0 aromatic rings. The van der Waals surface area contributed by atoms with Crippen LogP contribution < -0.4 is 5.73 Å². The fourth-order valence-corrected chi connectivity index (χ4v) is 2.84. The van der Waals surface area contributed by atoms with Crippen LogP contribution >= 0.6 is 7.60 Å². The first-order valence-corrected chi connectivity index (χ1v) is 6.01. The van der Waals surface area contributed by atoms with E-state index in [9.17, 15) is 9.36 Å². The third-order valence-corrected chi connectivity index (χ3v) is 4.05. The zero-order valence-corrected chi connectivity index (χ0v) is 8.48. The molecule has 1 aliphatic rings. The van der Waals surface area contributed by atoms with Gasteiger partial charge in [-0.3, -0.25) is 9.36 Å². The van der Waals surface area contributed by atoms with Gasteiger partial charge >= 0.3 is 13.6 Å². The fourth-order valence-electron chi connectivity index (χ4n) is 1.76. The van der Waals surface area contributed by atoms with Crippen LogP contribution in [0, 0.1) is 0 Å². The molecule has 0 unspecified atom stereocenters. The quantitative estimate of drug-likeness (QED) is 0.484. The molecule has 1 fully saturated rings. The van der Waals surface area contributed by atoms with Gasteiger partial charge in [-0.1, -0.05) is 6.42 Å². The summed E-state index contributed by atoms with van der Waals surface area (Å²) in [6.07, 6.45) is 0.917. The predicted molar refractivity (Wildman–Crippen MR) is 48.9 cm³/mol. The van der Waals surface area contributed by atoms with Gasteiger partial charge in [0, 0.05) is 0 Å². The maximum atomic E-state index is 10.9. The fraction of sp³-hybridized carbons (Fsp3) is 0.857. The normalized spacial score (nSPS) is 34.1. The van der Waals surface area contributed by atoms with Crippen LogP contribution in [0.25, 0.3) is 0 Å². The summed E-state index contributed by atoms with van der Waals surface area (Å²) >= 11 is 0. The van der Waals surface area contributed by atoms with Gasteiger partial charge in [-0.25, -0.2) is 0 Å². The Labute approximate surface area is 81.3 Å². The van der Waals surface area contributed by atoms with Crippen LogP contribution in [-0.2, 0) is 9.36 Å². The number of hydrogen-bond donors (Lipinski definition) is 4. The molecule has 0 aliphatic heterocycles. The van der Waals surface area contributed by atoms with Crippen LogP contribution in [0.3, 0.4) is 0 Å². The van der Waals surface area contributed by atoms with Crippen LogP contribution in [0.1, 0.15) is 25.7 Å². The molecule has 1 rings (SSSR count). The number of carboxylic acids is 1. The summed E-state index contributed by atoms with van der Waals surface area (Å²) in [7, 11) is -4.20. The first kappa shape index (κ1) is 11.7. The zero-order valence-electron chi connectivity index (χ0n) is 7.59. The van der Waals surface area contributed by atoms with E-state index in [-0.39, 0.29) is 12.8 Å². The third-order valence-electron chi connectivity index (χ3n) is 2.66. The Bertz CT molecular complexity index is 288. The van der Waals surface area contributed by atoms with Crippen LogP contribution in [0.2, 0.25) is 0 Å². The Morgan fingerprint density at radius 3 is 2.50 bits per heavy atom. The van der Waals surface area contributed by atoms with E-state index in [1.165, 1.54) is 0 Å². The largest absolute Gasteiger partial charge is 0.480 e. The van der Waals surface area contributed by atoms with Gasteiger partial charge in [-0.15, -0.1) is 0 Å². The predicted octanol–water partition coefficient (Wildman–Crippen LogP) is -0.111. The van der Waals surface area contributed by atoms with Crippen molar-refractivity contribution in [2.24, 2.45) is 5.73 Å². The van der Waals surface area contributed by atoms with E-state index >= 15 is 0 Å². The van der Waals surface area contributed by atoms with E-state index in [2.05, 4.69) is 0 Å². The minimum Gasteiger partial charge on any atom is -0.480 e. The number of carboxylic acid groups (broad SMARTS) is 1. The zero-order chi connectivity index (χ0) is 11.0. The minimum atomic E-state index is -4.20. The molecule has 5 N–H and O–H groups in total. The van der Waals surface area contributed by atoms with Crippen molar-refractivity contribution >= 4 is 13.6 Å². The van der Waals surface area contributed by atoms with E-state index < -0.39 is 24.8 Å². The Kier molecular flexibility index (Phi) is 3.02. The van der Waals surface area contributed by atoms with Gasteiger partial charge in [0.2, 0.25) is 0 Å². The SMILES string of the molecule is N[C@@]1(C(=O)O)CCC[C@@H](P(=O)(O)O)C1. The molecular formula is C7H14NO5P. The smallest absolute Gasteiger partial charge is 0.328 e. The number of aliphatic carboxylic acids is 1. The number of hydrogen-bond acceptors (Lipinski definition) is 3. The summed E-state index contributed by atoms with van der Waals surface area (Å²) in [6, 6.07) is 0. The Balaban J connectivity index is 2.79. The second-order valence-corrected chi connectivity index (χ2v) is 5.71. The van der Waals surface area contributed by atoms with E-state index in [4.69, 9.17) is 20.6 Å². The standard InChI is InChI=1S/C7H14NO5P/c8-7(6(9)10)3-1-2-5(4-7)14(11,12)13/h5H,1-4,8H2,(H,9,10)(H2,11,12,13)/t5-,7+/m1/s1. The van der Waals surface area contributed by atoms with Crippen LogP contribution in [-0.4, -0.2) is 32.1 Å². The molecule has 0 aromatic heterocycles. The Morgan fingerprint density at radius 2 is 2.07 bits per heavy atom. The molecule has 0 saturated heterocycles. The lowest BCUT2D eigenvalue weighted by Crippen LogP contribution is -2.52. The number of carbonyl (C=O) groups is 1. The summed E-state index contributed by atoms with van der Waals surface area (Å²) in [6.45, 7) is 0. The lowest BCUT2D eigenvalue weighted by Gasteiger charge is -2.34. The van der Waals surface area contributed by atoms with Crippen molar-refractivity contribution in [3.05, 3.63) is 0 Å². The van der Waals surface area contributed by atoms with Crippen molar-refractivity contribution < 1.29 is 24.3 Å². The summed E-state index contributed by atoms with van der Waals surface area (Å²) in [5, 5.41) is 8.80. The first-order valence-electron chi connectivity index (χ1n) is 4.33. The van der Waals surface area contributed by atoms with Gasteiger partial charge in [-0.05, 0) is 19.3 Å². The second kappa shape index (κ2) is 3.62. The Hall–Kier alpha value is -0.420. The van der Waals surface area contributed by atoms with Crippen molar-refractivity contribution in [1.82, 2.24) is 0 Å². The lowest BCUT2D eigenvalue weighted by molar-refractivity contribution is -0.144. The first-order chi connectivity index (χ1) is 6.26. The van der Waals surface area contributed by atoms with Crippen LogP contribution in [0.15, 0.2) is 0 Å². The van der Waals surface area contributed by atoms with Gasteiger partial charge in [0.15, 0.2) is 0 Å². The monoisotopic (exact) mass is 223 g/mol. The van der Waals surface area contributed by atoms with Gasteiger partial charge < -0.3 is 20.6 Å². The molecular weight excluding hydrogens is 209 g/mol. The Morgan fingerprint density at radius 1 is 1.50 bits per heavy atom. The summed E-state index contributed by atoms with van der Waals surface area (Å²) in [5.74, 6) is -1.18. The average Bonchev–Trinajstić information content (AvgIpc) is 2.02. The van der Waals surface area contributed by atoms with E-state index in [0.29, 0.717) is 12.8 Å². The maximum absolute atomic E-state index is 10.9. The van der Waals surface area contributed by atoms with Crippen molar-refractivity contribution in [3.63, 3.8) is 0 Å². The lowest BCUT2D eigenvalue weighted by atomic mass is 9.82. The summed E-state index contributed by atoms with van der Waals surface area (Å²) < 4.78 is 10.9. The minimum absolute atomic E-state index is 0.146. The molecule has 0 amide bonds. The molecule has 0 aromatic carbocycles. The molecule has 82 valence electrons. The van der Waals surface area contributed by atoms with Crippen molar-refractivity contribution in [1.29, 1.82) is 0 Å². The molecule has 2 atom stereocenters. The van der Waals surface area contributed by atoms with Gasteiger partial charge in [0.25, 0.3) is 0 Å². The van der Waals surface area contributed by atoms with Gasteiger partial charge in [-0.2, -0.15) is 0 Å². The van der Waals surface area contributed by atoms with E-state index in [1.54, 1.807) is 0 Å². The highest BCUT2D eigenvalue weighted by Gasteiger charge is 2.44. The highest BCUT2D eigenvalue weighted by molar-refractivity contribution is 7.52. The average molecular weight is 223 g/mol. The molecule has 7 heteroatoms. The molecule has 14 heavy (non-hydrogen) atoms. The highest BCUT2D eigenvalue weighted by Crippen LogP contribution is 2.49. The van der Waals surface area contributed by atoms with E-state index in [0.717, 1.165) is 0 Å². The van der Waals surface area contributed by atoms with Crippen molar-refractivity contribution in [2.75, 3.05) is 0 Å². The topological polar surface area (TPSA) is 121 Å². The highest BCUT2D eigenvalue weighted by atomic mass is 31.2. The molecule has 0 bridgehead atoms. The third kappa shape index (κ3) is 2.33. The van der Waals surface area contributed by atoms with E-state index in [1.807, 2.05) is 0 Å². The van der Waals surface area contributed by atoms with Gasteiger partial charge in [0.1, 0.15) is 5.54 Å². The maximum Gasteiger partial charge on any atom is 0.328 e. The van der Waals surface area contributed by atoms with Crippen molar-refractivity contribution in [3.8, 4) is 0 Å². The van der Waals surface area contributed by atoms with Crippen LogP contribution in [0.4, 0.5) is 0 Å². The molecule has 1 aliphatic carbocycles. The second-order valence-electron chi connectivity index (χ2n) is 3.80. The number of nitrogens with two attached hydrogens (primary N) is 1. The van der Waals surface area contributed by atoms with Crippen molar-refractivity contribution in [2.45, 2.75) is 36.9 Å². The molecule has 0 heterocycles. The molecule has 1 saturated carbocycles. The molecule has 0 radical (unpaired) electrons. The summed E-state index contributed by atoms with van der Waals surface area (Å²) in [5.41, 5.74) is 3.17. The number of rotatable bonds is 2. The molecule has 0 spiro atoms.